The van der Waals surface area contributed by atoms with Gasteiger partial charge < -0.3 is 20.7 Å². The maximum absolute atomic E-state index is 11.9. The molecule has 116 valence electrons. The Bertz CT molecular complexity index is 482. The summed E-state index contributed by atoms with van der Waals surface area (Å²) in [5.41, 5.74) is 8.43. The molecule has 1 saturated heterocycles. The van der Waals surface area contributed by atoms with E-state index in [-0.39, 0.29) is 5.91 Å². The summed E-state index contributed by atoms with van der Waals surface area (Å²) in [7, 11) is 0. The predicted molar refractivity (Wildman–Crippen MR) is 86.6 cm³/mol. The number of rotatable bonds is 5. The molecule has 1 amide bonds. The van der Waals surface area contributed by atoms with Gasteiger partial charge in [0.15, 0.2) is 0 Å². The van der Waals surface area contributed by atoms with Crippen LogP contribution in [0.25, 0.3) is 0 Å². The Morgan fingerprint density at radius 1 is 1.33 bits per heavy atom. The van der Waals surface area contributed by atoms with Crippen LogP contribution in [0, 0.1) is 5.92 Å². The van der Waals surface area contributed by atoms with Crippen molar-refractivity contribution in [3.05, 3.63) is 18.2 Å². The Hall–Kier alpha value is -1.75. The fourth-order valence-electron chi connectivity index (χ4n) is 2.35. The lowest BCUT2D eigenvalue weighted by Gasteiger charge is -2.29. The van der Waals surface area contributed by atoms with Gasteiger partial charge in [0.25, 0.3) is 0 Å². The molecule has 1 aromatic carbocycles. The molecule has 5 nitrogen and oxygen atoms in total. The molecule has 0 spiro atoms. The molecule has 1 aliphatic rings. The van der Waals surface area contributed by atoms with Gasteiger partial charge in [-0.1, -0.05) is 13.8 Å². The lowest BCUT2D eigenvalue weighted by Crippen LogP contribution is -2.36. The van der Waals surface area contributed by atoms with Gasteiger partial charge >= 0.3 is 0 Å². The first kappa shape index (κ1) is 15.6. The number of nitrogens with one attached hydrogen (secondary N) is 1. The Labute approximate surface area is 126 Å². The third-order valence-electron chi connectivity index (χ3n) is 3.55. The summed E-state index contributed by atoms with van der Waals surface area (Å²) < 4.78 is 5.36. The maximum atomic E-state index is 11.9. The Balaban J connectivity index is 2.02. The minimum atomic E-state index is 0.0437. The van der Waals surface area contributed by atoms with Crippen LogP contribution in [-0.4, -0.2) is 32.2 Å². The normalized spacial score (nSPS) is 15.3. The van der Waals surface area contributed by atoms with Crippen LogP contribution in [0.2, 0.25) is 0 Å². The smallest absolute Gasteiger partial charge is 0.224 e. The van der Waals surface area contributed by atoms with Crippen LogP contribution in [-0.2, 0) is 9.53 Å². The summed E-state index contributed by atoms with van der Waals surface area (Å²) in [5, 5.41) is 2.94. The van der Waals surface area contributed by atoms with E-state index in [0.717, 1.165) is 44.1 Å². The fourth-order valence-corrected chi connectivity index (χ4v) is 2.35. The zero-order valence-electron chi connectivity index (χ0n) is 12.9. The van der Waals surface area contributed by atoms with E-state index in [2.05, 4.69) is 24.1 Å². The summed E-state index contributed by atoms with van der Waals surface area (Å²) in [4.78, 5) is 14.2. The van der Waals surface area contributed by atoms with E-state index in [0.29, 0.717) is 18.0 Å². The second kappa shape index (κ2) is 7.31. The van der Waals surface area contributed by atoms with E-state index in [1.165, 1.54) is 0 Å². The number of carbonyl (C=O) groups excluding carboxylic acids is 1. The molecular formula is C16H25N3O2. The van der Waals surface area contributed by atoms with Crippen molar-refractivity contribution in [1.29, 1.82) is 0 Å². The molecule has 1 aromatic rings. The third kappa shape index (κ3) is 4.93. The molecule has 0 radical (unpaired) electrons. The van der Waals surface area contributed by atoms with Crippen LogP contribution >= 0.6 is 0 Å². The molecule has 2 rings (SSSR count). The first-order valence-electron chi connectivity index (χ1n) is 7.57. The highest BCUT2D eigenvalue weighted by atomic mass is 16.5. The predicted octanol–water partition coefficient (Wildman–Crippen LogP) is 2.48. The van der Waals surface area contributed by atoms with Gasteiger partial charge in [-0.2, -0.15) is 0 Å². The number of anilines is 3. The standard InChI is InChI=1S/C16H25N3O2/c1-12(2)3-4-16(20)18-14-9-13(17)10-15(11-14)19-5-7-21-8-6-19/h9-12H,3-8,17H2,1-2H3,(H,18,20). The number of nitrogens with two attached hydrogens (primary N) is 1. The van der Waals surface area contributed by atoms with Gasteiger partial charge in [0.2, 0.25) is 5.91 Å². The van der Waals surface area contributed by atoms with Crippen LogP contribution in [0.1, 0.15) is 26.7 Å². The van der Waals surface area contributed by atoms with Crippen molar-refractivity contribution < 1.29 is 9.53 Å². The second-order valence-electron chi connectivity index (χ2n) is 5.89. The number of benzene rings is 1. The van der Waals surface area contributed by atoms with Gasteiger partial charge in [-0.3, -0.25) is 4.79 Å². The number of ether oxygens (including phenoxy) is 1. The third-order valence-corrected chi connectivity index (χ3v) is 3.55. The lowest BCUT2D eigenvalue weighted by molar-refractivity contribution is -0.116. The van der Waals surface area contributed by atoms with E-state index >= 15 is 0 Å². The number of morpholine rings is 1. The topological polar surface area (TPSA) is 67.6 Å². The molecule has 21 heavy (non-hydrogen) atoms. The monoisotopic (exact) mass is 291 g/mol. The van der Waals surface area contributed by atoms with Crippen molar-refractivity contribution in [2.24, 2.45) is 5.92 Å². The van der Waals surface area contributed by atoms with Crippen molar-refractivity contribution in [2.75, 3.05) is 42.3 Å². The molecule has 1 aliphatic heterocycles. The highest BCUT2D eigenvalue weighted by Crippen LogP contribution is 2.25. The second-order valence-corrected chi connectivity index (χ2v) is 5.89. The minimum Gasteiger partial charge on any atom is -0.399 e. The number of hydrogen-bond acceptors (Lipinski definition) is 4. The molecule has 3 N–H and O–H groups in total. The first-order valence-corrected chi connectivity index (χ1v) is 7.57. The Morgan fingerprint density at radius 3 is 2.71 bits per heavy atom. The summed E-state index contributed by atoms with van der Waals surface area (Å²) in [6.07, 6.45) is 1.43. The minimum absolute atomic E-state index is 0.0437. The van der Waals surface area contributed by atoms with Crippen molar-refractivity contribution in [1.82, 2.24) is 0 Å². The zero-order chi connectivity index (χ0) is 15.2. The largest absolute Gasteiger partial charge is 0.399 e. The molecule has 0 atom stereocenters. The van der Waals surface area contributed by atoms with E-state index in [4.69, 9.17) is 10.5 Å². The highest BCUT2D eigenvalue weighted by Gasteiger charge is 2.13. The first-order chi connectivity index (χ1) is 10.0. The quantitative estimate of drug-likeness (QED) is 0.818. The van der Waals surface area contributed by atoms with E-state index in [1.807, 2.05) is 12.1 Å². The summed E-state index contributed by atoms with van der Waals surface area (Å²) in [6.45, 7) is 7.39. The van der Waals surface area contributed by atoms with E-state index in [1.54, 1.807) is 6.07 Å². The van der Waals surface area contributed by atoms with Crippen LogP contribution < -0.4 is 16.0 Å². The molecule has 0 aliphatic carbocycles. The Kier molecular flexibility index (Phi) is 5.44. The van der Waals surface area contributed by atoms with Crippen LogP contribution in [0.4, 0.5) is 17.1 Å². The molecule has 1 heterocycles. The average Bonchev–Trinajstić information content (AvgIpc) is 2.45. The highest BCUT2D eigenvalue weighted by molar-refractivity contribution is 5.92. The summed E-state index contributed by atoms with van der Waals surface area (Å²) in [6, 6.07) is 5.72. The number of nitrogen functional groups attached to an aromatic ring is 1. The maximum Gasteiger partial charge on any atom is 0.224 e. The van der Waals surface area contributed by atoms with Crippen LogP contribution in [0.3, 0.4) is 0 Å². The number of amides is 1. The van der Waals surface area contributed by atoms with E-state index < -0.39 is 0 Å². The van der Waals surface area contributed by atoms with Gasteiger partial charge in [0.05, 0.1) is 13.2 Å². The van der Waals surface area contributed by atoms with Crippen LogP contribution in [0.15, 0.2) is 18.2 Å². The summed E-state index contributed by atoms with van der Waals surface area (Å²) in [5.74, 6) is 0.572. The molecule has 0 saturated carbocycles. The van der Waals surface area contributed by atoms with Crippen molar-refractivity contribution in [2.45, 2.75) is 26.7 Å². The Morgan fingerprint density at radius 2 is 2.05 bits per heavy atom. The van der Waals surface area contributed by atoms with Crippen molar-refractivity contribution >= 4 is 23.0 Å². The van der Waals surface area contributed by atoms with Gasteiger partial charge in [0.1, 0.15) is 0 Å². The van der Waals surface area contributed by atoms with E-state index in [9.17, 15) is 4.79 Å². The van der Waals surface area contributed by atoms with Crippen molar-refractivity contribution in [3.63, 3.8) is 0 Å². The summed E-state index contributed by atoms with van der Waals surface area (Å²) >= 11 is 0. The molecule has 5 heteroatoms. The zero-order valence-corrected chi connectivity index (χ0v) is 12.9. The number of carbonyl (C=O) groups is 1. The molecule has 1 fully saturated rings. The molecule has 0 aromatic heterocycles. The molecule has 0 bridgehead atoms. The molecule has 0 unspecified atom stereocenters. The van der Waals surface area contributed by atoms with Gasteiger partial charge in [0, 0.05) is 36.6 Å². The SMILES string of the molecule is CC(C)CCC(=O)Nc1cc(N)cc(N2CCOCC2)c1. The average molecular weight is 291 g/mol. The number of hydrogen-bond donors (Lipinski definition) is 2. The number of nitrogens with zero attached hydrogens (tertiary/aromatic N) is 1. The van der Waals surface area contributed by atoms with Crippen LogP contribution in [0.5, 0.6) is 0 Å². The molecular weight excluding hydrogens is 266 g/mol. The lowest BCUT2D eigenvalue weighted by atomic mass is 10.1. The fraction of sp³-hybridized carbons (Fsp3) is 0.562. The van der Waals surface area contributed by atoms with Gasteiger partial charge in [-0.25, -0.2) is 0 Å². The van der Waals surface area contributed by atoms with Gasteiger partial charge in [-0.05, 0) is 30.5 Å². The van der Waals surface area contributed by atoms with Gasteiger partial charge in [-0.15, -0.1) is 0 Å². The van der Waals surface area contributed by atoms with Crippen molar-refractivity contribution in [3.8, 4) is 0 Å².